The zero-order valence-corrected chi connectivity index (χ0v) is 20.6. The number of carbonyl (C=O) groups excluding carboxylic acids is 1. The molecule has 34 heavy (non-hydrogen) atoms. The van der Waals surface area contributed by atoms with Gasteiger partial charge in [0.2, 0.25) is 5.91 Å². The minimum atomic E-state index is -0.216. The number of nitrogens with zero attached hydrogens (tertiary/aromatic N) is 3. The van der Waals surface area contributed by atoms with E-state index in [1.54, 1.807) is 49.6 Å². The highest BCUT2D eigenvalue weighted by Crippen LogP contribution is 2.31. The maximum Gasteiger partial charge on any atom is 0.234 e. The molecule has 174 valence electrons. The summed E-state index contributed by atoms with van der Waals surface area (Å²) in [6, 6.07) is 19.8. The second-order valence-electron chi connectivity index (χ2n) is 7.03. The van der Waals surface area contributed by atoms with Gasteiger partial charge >= 0.3 is 0 Å². The van der Waals surface area contributed by atoms with E-state index in [4.69, 9.17) is 32.7 Å². The molecule has 10 heteroatoms. The molecule has 0 aliphatic carbocycles. The quantitative estimate of drug-likeness (QED) is 0.291. The predicted octanol–water partition coefficient (Wildman–Crippen LogP) is 5.99. The van der Waals surface area contributed by atoms with Crippen LogP contribution >= 0.6 is 35.0 Å². The van der Waals surface area contributed by atoms with Gasteiger partial charge in [-0.3, -0.25) is 9.36 Å². The van der Waals surface area contributed by atoms with E-state index in [9.17, 15) is 4.79 Å². The molecule has 1 aromatic heterocycles. The highest BCUT2D eigenvalue weighted by molar-refractivity contribution is 7.99. The first-order valence-corrected chi connectivity index (χ1v) is 11.8. The number of hydrogen-bond acceptors (Lipinski definition) is 6. The van der Waals surface area contributed by atoms with Gasteiger partial charge in [-0.2, -0.15) is 0 Å². The van der Waals surface area contributed by atoms with Crippen molar-refractivity contribution in [3.63, 3.8) is 0 Å². The Kier molecular flexibility index (Phi) is 7.62. The molecule has 1 heterocycles. The third kappa shape index (κ3) is 5.47. The van der Waals surface area contributed by atoms with Crippen molar-refractivity contribution in [1.82, 2.24) is 14.8 Å². The van der Waals surface area contributed by atoms with Crippen LogP contribution in [0.1, 0.15) is 0 Å². The van der Waals surface area contributed by atoms with Gasteiger partial charge in [-0.05, 0) is 60.7 Å². The van der Waals surface area contributed by atoms with E-state index < -0.39 is 0 Å². The fraction of sp³-hybridized carbons (Fsp3) is 0.125. The second kappa shape index (κ2) is 10.8. The van der Waals surface area contributed by atoms with Gasteiger partial charge in [-0.15, -0.1) is 10.2 Å². The lowest BCUT2D eigenvalue weighted by molar-refractivity contribution is -0.113. The maximum absolute atomic E-state index is 12.7. The Hall–Kier alpha value is -3.20. The first-order valence-electron chi connectivity index (χ1n) is 10.1. The van der Waals surface area contributed by atoms with Crippen LogP contribution in [-0.2, 0) is 4.79 Å². The second-order valence-corrected chi connectivity index (χ2v) is 8.84. The Labute approximate surface area is 211 Å². The van der Waals surface area contributed by atoms with E-state index in [0.29, 0.717) is 38.2 Å². The lowest BCUT2D eigenvalue weighted by Gasteiger charge is -2.12. The lowest BCUT2D eigenvalue weighted by atomic mass is 10.2. The van der Waals surface area contributed by atoms with Crippen molar-refractivity contribution in [2.45, 2.75) is 5.16 Å². The summed E-state index contributed by atoms with van der Waals surface area (Å²) in [5.41, 5.74) is 2.21. The van der Waals surface area contributed by atoms with Crippen molar-refractivity contribution < 1.29 is 14.3 Å². The van der Waals surface area contributed by atoms with Gasteiger partial charge < -0.3 is 14.8 Å². The molecule has 4 aromatic rings. The van der Waals surface area contributed by atoms with Crippen LogP contribution in [0.4, 0.5) is 5.69 Å². The number of amides is 1. The summed E-state index contributed by atoms with van der Waals surface area (Å²) in [6.45, 7) is 0. The van der Waals surface area contributed by atoms with E-state index in [1.165, 1.54) is 18.9 Å². The van der Waals surface area contributed by atoms with Crippen LogP contribution in [0.25, 0.3) is 17.1 Å². The lowest BCUT2D eigenvalue weighted by Crippen LogP contribution is -2.15. The standard InChI is InChI=1S/C24H20Cl2N4O3S/c1-32-19-11-12-20(21(13-19)33-2)27-22(31)14-34-24-29-28-23(15-3-5-16(25)6-4-15)30(24)18-9-7-17(26)8-10-18/h3-13H,14H2,1-2H3,(H,27,31). The molecule has 0 aliphatic rings. The third-order valence-corrected chi connectivity index (χ3v) is 6.27. The Morgan fingerprint density at radius 2 is 1.62 bits per heavy atom. The summed E-state index contributed by atoms with van der Waals surface area (Å²) in [4.78, 5) is 12.7. The maximum atomic E-state index is 12.7. The largest absolute Gasteiger partial charge is 0.497 e. The minimum absolute atomic E-state index is 0.113. The molecule has 0 bridgehead atoms. The summed E-state index contributed by atoms with van der Waals surface area (Å²) in [6.07, 6.45) is 0. The highest BCUT2D eigenvalue weighted by Gasteiger charge is 2.18. The zero-order chi connectivity index (χ0) is 24.1. The van der Waals surface area contributed by atoms with Crippen molar-refractivity contribution in [2.75, 3.05) is 25.3 Å². The van der Waals surface area contributed by atoms with E-state index in [2.05, 4.69) is 15.5 Å². The fourth-order valence-corrected chi connectivity index (χ4v) is 4.19. The Bertz CT molecular complexity index is 1290. The third-order valence-electron chi connectivity index (χ3n) is 4.84. The van der Waals surface area contributed by atoms with E-state index in [1.807, 2.05) is 28.8 Å². The van der Waals surface area contributed by atoms with Gasteiger partial charge in [0.1, 0.15) is 11.5 Å². The van der Waals surface area contributed by atoms with Crippen LogP contribution in [0.3, 0.4) is 0 Å². The van der Waals surface area contributed by atoms with E-state index in [0.717, 1.165) is 11.3 Å². The SMILES string of the molecule is COc1ccc(NC(=O)CSc2nnc(-c3ccc(Cl)cc3)n2-c2ccc(Cl)cc2)c(OC)c1. The number of nitrogens with one attached hydrogen (secondary N) is 1. The summed E-state index contributed by atoms with van der Waals surface area (Å²) in [5.74, 6) is 1.66. The van der Waals surface area contributed by atoms with E-state index in [-0.39, 0.29) is 11.7 Å². The summed E-state index contributed by atoms with van der Waals surface area (Å²) < 4.78 is 12.4. The summed E-state index contributed by atoms with van der Waals surface area (Å²) in [5, 5.41) is 13.4. The molecule has 0 unspecified atom stereocenters. The number of thioether (sulfide) groups is 1. The normalized spacial score (nSPS) is 10.7. The predicted molar refractivity (Wildman–Crippen MR) is 136 cm³/mol. The summed E-state index contributed by atoms with van der Waals surface area (Å²) >= 11 is 13.4. The number of halogens is 2. The van der Waals surface area contributed by atoms with Gasteiger partial charge in [0, 0.05) is 27.4 Å². The Morgan fingerprint density at radius 1 is 0.941 bits per heavy atom. The molecule has 7 nitrogen and oxygen atoms in total. The van der Waals surface area contributed by atoms with Gasteiger partial charge in [-0.1, -0.05) is 35.0 Å². The fourth-order valence-electron chi connectivity index (χ4n) is 3.19. The zero-order valence-electron chi connectivity index (χ0n) is 18.3. The van der Waals surface area contributed by atoms with Crippen LogP contribution < -0.4 is 14.8 Å². The number of benzene rings is 3. The molecule has 0 atom stereocenters. The van der Waals surface area contributed by atoms with Crippen LogP contribution in [0.2, 0.25) is 10.0 Å². The van der Waals surface area contributed by atoms with Crippen molar-refractivity contribution in [1.29, 1.82) is 0 Å². The molecular formula is C24H20Cl2N4O3S. The smallest absolute Gasteiger partial charge is 0.234 e. The van der Waals surface area contributed by atoms with Gasteiger partial charge in [0.05, 0.1) is 25.7 Å². The molecule has 0 aliphatic heterocycles. The average molecular weight is 515 g/mol. The molecule has 0 saturated heterocycles. The van der Waals surface area contributed by atoms with Crippen molar-refractivity contribution in [3.05, 3.63) is 76.8 Å². The molecule has 0 radical (unpaired) electrons. The first-order chi connectivity index (χ1) is 16.5. The molecule has 1 amide bonds. The monoisotopic (exact) mass is 514 g/mol. The molecule has 3 aromatic carbocycles. The van der Waals surface area contributed by atoms with Crippen molar-refractivity contribution in [3.8, 4) is 28.6 Å². The number of carbonyl (C=O) groups is 1. The van der Waals surface area contributed by atoms with Crippen LogP contribution in [-0.4, -0.2) is 40.6 Å². The van der Waals surface area contributed by atoms with Crippen molar-refractivity contribution >= 4 is 46.6 Å². The molecule has 0 spiro atoms. The highest BCUT2D eigenvalue weighted by atomic mass is 35.5. The summed E-state index contributed by atoms with van der Waals surface area (Å²) in [7, 11) is 3.10. The first kappa shape index (κ1) is 23.9. The topological polar surface area (TPSA) is 78.3 Å². The molecular weight excluding hydrogens is 495 g/mol. The van der Waals surface area contributed by atoms with Crippen LogP contribution in [0.5, 0.6) is 11.5 Å². The average Bonchev–Trinajstić information content (AvgIpc) is 3.28. The van der Waals surface area contributed by atoms with Crippen molar-refractivity contribution in [2.24, 2.45) is 0 Å². The van der Waals surface area contributed by atoms with E-state index >= 15 is 0 Å². The number of anilines is 1. The molecule has 0 saturated carbocycles. The molecule has 0 fully saturated rings. The number of methoxy groups -OCH3 is 2. The van der Waals surface area contributed by atoms with Gasteiger partial charge in [-0.25, -0.2) is 0 Å². The van der Waals surface area contributed by atoms with Gasteiger partial charge in [0.15, 0.2) is 11.0 Å². The van der Waals surface area contributed by atoms with Gasteiger partial charge in [0.25, 0.3) is 0 Å². The Morgan fingerprint density at radius 3 is 2.26 bits per heavy atom. The number of hydrogen-bond donors (Lipinski definition) is 1. The number of ether oxygens (including phenoxy) is 2. The van der Waals surface area contributed by atoms with Crippen LogP contribution in [0, 0.1) is 0 Å². The van der Waals surface area contributed by atoms with Crippen LogP contribution in [0.15, 0.2) is 71.9 Å². The minimum Gasteiger partial charge on any atom is -0.497 e. The number of rotatable bonds is 8. The number of aromatic nitrogens is 3. The molecule has 1 N–H and O–H groups in total. The Balaban J connectivity index is 1.58. The molecule has 4 rings (SSSR count).